The lowest BCUT2D eigenvalue weighted by Gasteiger charge is -2.37. The molecule has 272 valence electrons. The van der Waals surface area contributed by atoms with E-state index in [4.69, 9.17) is 11.5 Å². The summed E-state index contributed by atoms with van der Waals surface area (Å²) in [4.78, 5) is 103. The smallest absolute Gasteiger partial charge is 0.312 e. The first kappa shape index (κ1) is 38.0. The summed E-state index contributed by atoms with van der Waals surface area (Å²) >= 11 is 0. The maximum absolute atomic E-state index is 14.0. The van der Waals surface area contributed by atoms with E-state index in [1.165, 1.54) is 4.90 Å². The third kappa shape index (κ3) is 10.6. The molecule has 16 heteroatoms. The van der Waals surface area contributed by atoms with Gasteiger partial charge in [0, 0.05) is 50.5 Å². The monoisotopic (exact) mass is 705 g/mol. The van der Waals surface area contributed by atoms with Crippen LogP contribution in [0.2, 0.25) is 0 Å². The molecule has 8 N–H and O–H groups in total. The number of rotatable bonds is 17. The lowest BCUT2D eigenvalue weighted by molar-refractivity contribution is -0.147. The highest BCUT2D eigenvalue weighted by Crippen LogP contribution is 2.24. The molecule has 1 saturated heterocycles. The van der Waals surface area contributed by atoms with Crippen molar-refractivity contribution in [2.45, 2.75) is 82.0 Å². The molecule has 0 bridgehead atoms. The number of nitrogens with zero attached hydrogens (tertiary/aromatic N) is 2. The number of carbonyl (C=O) groups excluding carboxylic acids is 7. The van der Waals surface area contributed by atoms with Gasteiger partial charge >= 0.3 is 12.0 Å². The molecule has 4 rings (SSSR count). The van der Waals surface area contributed by atoms with E-state index in [-0.39, 0.29) is 51.6 Å². The van der Waals surface area contributed by atoms with Crippen LogP contribution in [-0.2, 0) is 40.0 Å². The standard InChI is InChI=1S/C35H43N7O9/c36-32(48)25(8-5-16-38-35(37)51)39-33(49)26(19-21-10-11-22-6-1-2-7-23(22)18-21)40-34(50)27-9-3-4-17-41(27)30(45)20-24(12-15-31(46)47)42-28(43)13-14-29(42)44/h1-2,6-7,10-11,13-14,18,24-27H,3-5,8-9,12,15-17,19-20H2,(H2,36,48)(H,39,49)(H,40,50)(H,46,47)(H3,37,38,51)/t24-,25-,26?,27-/m0/s1. The molecule has 0 aromatic heterocycles. The number of benzene rings is 2. The minimum atomic E-state index is -1.20. The van der Waals surface area contributed by atoms with Crippen molar-refractivity contribution in [1.82, 2.24) is 25.8 Å². The highest BCUT2D eigenvalue weighted by atomic mass is 16.4. The maximum atomic E-state index is 14.0. The van der Waals surface area contributed by atoms with Crippen LogP contribution in [0.4, 0.5) is 4.79 Å². The van der Waals surface area contributed by atoms with Crippen LogP contribution in [0.5, 0.6) is 0 Å². The first-order valence-corrected chi connectivity index (χ1v) is 16.8. The third-order valence-corrected chi connectivity index (χ3v) is 8.95. The molecule has 1 unspecified atom stereocenters. The number of hydrogen-bond acceptors (Lipinski definition) is 8. The second kappa shape index (κ2) is 17.7. The Hall–Kier alpha value is -5.80. The van der Waals surface area contributed by atoms with Gasteiger partial charge in [-0.1, -0.05) is 42.5 Å². The molecule has 0 spiro atoms. The van der Waals surface area contributed by atoms with Crippen LogP contribution in [0, 0.1) is 0 Å². The first-order chi connectivity index (χ1) is 24.3. The predicted octanol–water partition coefficient (Wildman–Crippen LogP) is 0.215. The van der Waals surface area contributed by atoms with Crippen LogP contribution < -0.4 is 27.4 Å². The van der Waals surface area contributed by atoms with Gasteiger partial charge in [-0.25, -0.2) is 4.79 Å². The van der Waals surface area contributed by atoms with E-state index in [9.17, 15) is 43.5 Å². The van der Waals surface area contributed by atoms with Gasteiger partial charge in [0.15, 0.2) is 0 Å². The average molecular weight is 706 g/mol. The zero-order valence-electron chi connectivity index (χ0n) is 28.0. The molecule has 8 amide bonds. The Bertz CT molecular complexity index is 1690. The van der Waals surface area contributed by atoms with Crippen LogP contribution >= 0.6 is 0 Å². The Labute approximate surface area is 293 Å². The highest BCUT2D eigenvalue weighted by molar-refractivity contribution is 6.13. The number of aliphatic carboxylic acids is 1. The maximum Gasteiger partial charge on any atom is 0.312 e. The molecule has 16 nitrogen and oxygen atoms in total. The molecule has 2 aromatic carbocycles. The Morgan fingerprint density at radius 1 is 0.882 bits per heavy atom. The van der Waals surface area contributed by atoms with Crippen molar-refractivity contribution >= 4 is 58.2 Å². The van der Waals surface area contributed by atoms with Crippen LogP contribution in [0.3, 0.4) is 0 Å². The van der Waals surface area contributed by atoms with Gasteiger partial charge in [0.05, 0.1) is 0 Å². The fourth-order valence-corrected chi connectivity index (χ4v) is 6.36. The number of nitrogens with two attached hydrogens (primary N) is 2. The largest absolute Gasteiger partial charge is 0.481 e. The van der Waals surface area contributed by atoms with Crippen LogP contribution in [-0.4, -0.2) is 99.6 Å². The number of urea groups is 1. The summed E-state index contributed by atoms with van der Waals surface area (Å²) in [6.07, 6.45) is 3.01. The van der Waals surface area contributed by atoms with Crippen molar-refractivity contribution in [1.29, 1.82) is 0 Å². The fraction of sp³-hybridized carbons (Fsp3) is 0.429. The number of hydrogen-bond donors (Lipinski definition) is 6. The highest BCUT2D eigenvalue weighted by Gasteiger charge is 2.38. The molecule has 0 radical (unpaired) electrons. The molecule has 2 aliphatic heterocycles. The van der Waals surface area contributed by atoms with E-state index in [1.54, 1.807) is 0 Å². The van der Waals surface area contributed by atoms with E-state index < -0.39 is 78.0 Å². The van der Waals surface area contributed by atoms with Crippen LogP contribution in [0.25, 0.3) is 10.8 Å². The molecule has 1 fully saturated rings. The molecule has 0 saturated carbocycles. The van der Waals surface area contributed by atoms with Gasteiger partial charge in [-0.15, -0.1) is 0 Å². The van der Waals surface area contributed by atoms with Crippen molar-refractivity contribution in [3.63, 3.8) is 0 Å². The number of fused-ring (bicyclic) bond motifs is 1. The molecule has 2 aliphatic rings. The number of carboxylic acids is 1. The fourth-order valence-electron chi connectivity index (χ4n) is 6.36. The Morgan fingerprint density at radius 3 is 2.25 bits per heavy atom. The summed E-state index contributed by atoms with van der Waals surface area (Å²) in [5, 5.41) is 18.9. The summed E-state index contributed by atoms with van der Waals surface area (Å²) in [5.74, 6) is -5.15. The van der Waals surface area contributed by atoms with E-state index >= 15 is 0 Å². The number of carbonyl (C=O) groups is 8. The normalized spacial score (nSPS) is 17.5. The molecular formula is C35H43N7O9. The van der Waals surface area contributed by atoms with E-state index in [2.05, 4.69) is 16.0 Å². The second-order valence-electron chi connectivity index (χ2n) is 12.6. The Morgan fingerprint density at radius 2 is 1.59 bits per heavy atom. The van der Waals surface area contributed by atoms with Gasteiger partial charge in [0.25, 0.3) is 11.8 Å². The van der Waals surface area contributed by atoms with Gasteiger partial charge in [-0.2, -0.15) is 0 Å². The predicted molar refractivity (Wildman–Crippen MR) is 183 cm³/mol. The summed E-state index contributed by atoms with van der Waals surface area (Å²) in [5.41, 5.74) is 11.4. The number of imide groups is 1. The number of likely N-dealkylation sites (tertiary alicyclic amines) is 1. The molecule has 2 aromatic rings. The number of nitrogens with one attached hydrogen (secondary N) is 3. The van der Waals surface area contributed by atoms with Crippen molar-refractivity contribution in [2.75, 3.05) is 13.1 Å². The quantitative estimate of drug-likeness (QED) is 0.0971. The van der Waals surface area contributed by atoms with Crippen LogP contribution in [0.1, 0.15) is 56.9 Å². The van der Waals surface area contributed by atoms with E-state index in [0.29, 0.717) is 18.4 Å². The summed E-state index contributed by atoms with van der Waals surface area (Å²) in [6.45, 7) is 0.332. The number of primary amides is 2. The van der Waals surface area contributed by atoms with Crippen LogP contribution in [0.15, 0.2) is 54.6 Å². The van der Waals surface area contributed by atoms with Crippen molar-refractivity contribution < 1.29 is 43.5 Å². The van der Waals surface area contributed by atoms with Crippen molar-refractivity contribution in [3.05, 3.63) is 60.2 Å². The molecule has 51 heavy (non-hydrogen) atoms. The third-order valence-electron chi connectivity index (χ3n) is 8.95. The molecule has 2 heterocycles. The number of piperidine rings is 1. The number of amides is 8. The van der Waals surface area contributed by atoms with Gasteiger partial charge in [0.1, 0.15) is 18.1 Å². The minimum Gasteiger partial charge on any atom is -0.481 e. The minimum absolute atomic E-state index is 0.0290. The van der Waals surface area contributed by atoms with E-state index in [1.807, 2.05) is 42.5 Å². The van der Waals surface area contributed by atoms with Gasteiger partial charge in [0.2, 0.25) is 23.6 Å². The van der Waals surface area contributed by atoms with Gasteiger partial charge in [-0.05, 0) is 54.9 Å². The summed E-state index contributed by atoms with van der Waals surface area (Å²) < 4.78 is 0. The lowest BCUT2D eigenvalue weighted by atomic mass is 9.97. The molecule has 0 aliphatic carbocycles. The first-order valence-electron chi connectivity index (χ1n) is 16.8. The molecular weight excluding hydrogens is 662 g/mol. The van der Waals surface area contributed by atoms with Crippen molar-refractivity contribution in [2.24, 2.45) is 11.5 Å². The molecule has 4 atom stereocenters. The number of carboxylic acid groups (broad SMARTS) is 1. The topological polar surface area (TPSA) is 251 Å². The van der Waals surface area contributed by atoms with Gasteiger partial charge < -0.3 is 37.4 Å². The van der Waals surface area contributed by atoms with Crippen molar-refractivity contribution in [3.8, 4) is 0 Å². The zero-order valence-corrected chi connectivity index (χ0v) is 28.0. The van der Waals surface area contributed by atoms with Gasteiger partial charge in [-0.3, -0.25) is 38.5 Å². The second-order valence-corrected chi connectivity index (χ2v) is 12.6. The average Bonchev–Trinajstić information content (AvgIpc) is 3.43. The summed E-state index contributed by atoms with van der Waals surface area (Å²) in [6, 6.07) is 8.08. The zero-order chi connectivity index (χ0) is 37.1. The SMILES string of the molecule is NC(=O)NCCC[C@H](NC(=O)C(Cc1ccc2ccccc2c1)NC(=O)[C@@H]1CCCCN1C(=O)C[C@H](CCC(=O)O)N1C(=O)C=CC1=O)C(N)=O. The Balaban J connectivity index is 1.54. The Kier molecular flexibility index (Phi) is 13.2. The lowest BCUT2D eigenvalue weighted by Crippen LogP contribution is -2.59. The summed E-state index contributed by atoms with van der Waals surface area (Å²) in [7, 11) is 0. The van der Waals surface area contributed by atoms with E-state index in [0.717, 1.165) is 27.8 Å².